The van der Waals surface area contributed by atoms with Crippen LogP contribution in [0.15, 0.2) is 27.4 Å². The zero-order valence-electron chi connectivity index (χ0n) is 18.4. The summed E-state index contributed by atoms with van der Waals surface area (Å²) in [6, 6.07) is 5.24. The lowest BCUT2D eigenvalue weighted by Crippen LogP contribution is -2.20. The Labute approximate surface area is 184 Å². The number of ether oxygens (including phenoxy) is 2. The number of aromatic hydroxyl groups is 1. The number of likely N-dealkylation sites (N-methyl/N-ethyl adjacent to an activating group) is 1. The number of unbranched alkanes of at least 4 members (excludes halogenated alkanes) is 1. The van der Waals surface area contributed by atoms with Crippen molar-refractivity contribution in [2.45, 2.75) is 32.6 Å². The van der Waals surface area contributed by atoms with Crippen molar-refractivity contribution in [2.75, 3.05) is 21.3 Å². The predicted molar refractivity (Wildman–Crippen MR) is 117 cm³/mol. The molecule has 32 heavy (non-hydrogen) atoms. The van der Waals surface area contributed by atoms with Crippen molar-refractivity contribution < 1.29 is 23.8 Å². The van der Waals surface area contributed by atoms with Crippen molar-refractivity contribution in [1.82, 2.24) is 20.5 Å². The van der Waals surface area contributed by atoms with Gasteiger partial charge in [-0.2, -0.15) is 0 Å². The minimum atomic E-state index is -0.582. The van der Waals surface area contributed by atoms with Crippen LogP contribution in [0.2, 0.25) is 0 Å². The van der Waals surface area contributed by atoms with Crippen LogP contribution in [0.1, 0.15) is 31.4 Å². The SMILES string of the molecule is CCCCc1[nH]c(=O)c(-c2nnc(CC(=O)NC)o2)c(O)c1-c1c(OC)cccc1OC. The summed E-state index contributed by atoms with van der Waals surface area (Å²) in [4.78, 5) is 27.4. The second kappa shape index (κ2) is 9.99. The lowest BCUT2D eigenvalue weighted by molar-refractivity contribution is -0.120. The van der Waals surface area contributed by atoms with Crippen LogP contribution in [0.25, 0.3) is 22.6 Å². The van der Waals surface area contributed by atoms with Crippen molar-refractivity contribution in [2.24, 2.45) is 0 Å². The fourth-order valence-corrected chi connectivity index (χ4v) is 3.40. The highest BCUT2D eigenvalue weighted by atomic mass is 16.5. The third-order valence-corrected chi connectivity index (χ3v) is 5.00. The Morgan fingerprint density at radius 2 is 1.84 bits per heavy atom. The summed E-state index contributed by atoms with van der Waals surface area (Å²) in [6.45, 7) is 2.03. The number of carbonyl (C=O) groups excluding carboxylic acids is 1. The molecular formula is C22H26N4O6. The van der Waals surface area contributed by atoms with Crippen LogP contribution in [0, 0.1) is 0 Å². The lowest BCUT2D eigenvalue weighted by atomic mass is 9.96. The van der Waals surface area contributed by atoms with Crippen LogP contribution in [0.4, 0.5) is 0 Å². The molecule has 0 aliphatic carbocycles. The molecule has 170 valence electrons. The molecule has 0 saturated heterocycles. The quantitative estimate of drug-likeness (QED) is 0.459. The highest BCUT2D eigenvalue weighted by Crippen LogP contribution is 2.46. The number of nitrogens with zero attached hydrogens (tertiary/aromatic N) is 2. The summed E-state index contributed by atoms with van der Waals surface area (Å²) < 4.78 is 16.5. The van der Waals surface area contributed by atoms with Crippen LogP contribution in [0.5, 0.6) is 17.2 Å². The fraction of sp³-hybridized carbons (Fsp3) is 0.364. The average Bonchev–Trinajstić information content (AvgIpc) is 3.24. The van der Waals surface area contributed by atoms with Gasteiger partial charge in [-0.05, 0) is 25.0 Å². The number of aromatic amines is 1. The molecule has 1 amide bonds. The van der Waals surface area contributed by atoms with Gasteiger partial charge in [-0.25, -0.2) is 0 Å². The molecule has 0 bridgehead atoms. The first-order valence-electron chi connectivity index (χ1n) is 10.2. The molecule has 2 aromatic heterocycles. The maximum Gasteiger partial charge on any atom is 0.264 e. The first kappa shape index (κ1) is 22.9. The molecule has 3 rings (SSSR count). The number of H-pyrrole nitrogens is 1. The molecule has 0 atom stereocenters. The number of rotatable bonds is 9. The van der Waals surface area contributed by atoms with E-state index in [1.54, 1.807) is 18.2 Å². The van der Waals surface area contributed by atoms with Gasteiger partial charge >= 0.3 is 0 Å². The second-order valence-corrected chi connectivity index (χ2v) is 7.02. The van der Waals surface area contributed by atoms with Crippen LogP contribution in [-0.2, 0) is 17.6 Å². The number of aryl methyl sites for hydroxylation is 1. The average molecular weight is 442 g/mol. The number of amides is 1. The van der Waals surface area contributed by atoms with Crippen LogP contribution in [-0.4, -0.2) is 47.5 Å². The van der Waals surface area contributed by atoms with E-state index in [4.69, 9.17) is 13.9 Å². The first-order valence-corrected chi connectivity index (χ1v) is 10.2. The Balaban J connectivity index is 2.26. The Morgan fingerprint density at radius 1 is 1.16 bits per heavy atom. The zero-order valence-corrected chi connectivity index (χ0v) is 18.4. The number of aromatic nitrogens is 3. The van der Waals surface area contributed by atoms with Crippen molar-refractivity contribution in [1.29, 1.82) is 0 Å². The lowest BCUT2D eigenvalue weighted by Gasteiger charge is -2.18. The molecule has 0 unspecified atom stereocenters. The Bertz CT molecular complexity index is 1150. The molecule has 10 heteroatoms. The molecular weight excluding hydrogens is 416 g/mol. The Hall–Kier alpha value is -3.82. The number of benzene rings is 1. The minimum Gasteiger partial charge on any atom is -0.506 e. The van der Waals surface area contributed by atoms with Gasteiger partial charge in [0, 0.05) is 12.7 Å². The van der Waals surface area contributed by atoms with Gasteiger partial charge in [-0.15, -0.1) is 10.2 Å². The van der Waals surface area contributed by atoms with E-state index in [0.717, 1.165) is 12.8 Å². The van der Waals surface area contributed by atoms with Gasteiger partial charge in [-0.3, -0.25) is 9.59 Å². The van der Waals surface area contributed by atoms with Crippen LogP contribution in [0.3, 0.4) is 0 Å². The summed E-state index contributed by atoms with van der Waals surface area (Å²) in [5.74, 6) is 0.0809. The molecule has 3 aromatic rings. The van der Waals surface area contributed by atoms with Crippen LogP contribution < -0.4 is 20.3 Å². The second-order valence-electron chi connectivity index (χ2n) is 7.02. The van der Waals surface area contributed by atoms with Crippen molar-refractivity contribution in [3.05, 3.63) is 40.1 Å². The van der Waals surface area contributed by atoms with E-state index in [1.165, 1.54) is 21.3 Å². The van der Waals surface area contributed by atoms with E-state index >= 15 is 0 Å². The molecule has 0 aliphatic heterocycles. The number of pyridine rings is 1. The summed E-state index contributed by atoms with van der Waals surface area (Å²) >= 11 is 0. The monoisotopic (exact) mass is 442 g/mol. The maximum absolute atomic E-state index is 12.9. The molecule has 0 saturated carbocycles. The van der Waals surface area contributed by atoms with Gasteiger partial charge in [0.1, 0.15) is 29.2 Å². The molecule has 10 nitrogen and oxygen atoms in total. The maximum atomic E-state index is 12.9. The molecule has 0 fully saturated rings. The minimum absolute atomic E-state index is 0.0182. The smallest absolute Gasteiger partial charge is 0.264 e. The highest BCUT2D eigenvalue weighted by Gasteiger charge is 2.27. The van der Waals surface area contributed by atoms with Gasteiger partial charge in [0.15, 0.2) is 0 Å². The van der Waals surface area contributed by atoms with Gasteiger partial charge in [-0.1, -0.05) is 19.4 Å². The number of methoxy groups -OCH3 is 2. The van der Waals surface area contributed by atoms with Gasteiger partial charge < -0.3 is 29.3 Å². The van der Waals surface area contributed by atoms with Crippen LogP contribution >= 0.6 is 0 Å². The summed E-state index contributed by atoms with van der Waals surface area (Å²) in [6.07, 6.45) is 2.04. The third kappa shape index (κ3) is 4.43. The molecule has 2 heterocycles. The van der Waals surface area contributed by atoms with E-state index in [2.05, 4.69) is 20.5 Å². The van der Waals surface area contributed by atoms with Crippen molar-refractivity contribution in [3.8, 4) is 39.8 Å². The molecule has 0 spiro atoms. The number of hydrogen-bond acceptors (Lipinski definition) is 8. The number of hydrogen-bond donors (Lipinski definition) is 3. The Kier molecular flexibility index (Phi) is 7.14. The van der Waals surface area contributed by atoms with E-state index in [-0.39, 0.29) is 35.4 Å². The fourth-order valence-electron chi connectivity index (χ4n) is 3.40. The van der Waals surface area contributed by atoms with Crippen molar-refractivity contribution >= 4 is 5.91 Å². The molecule has 0 aliphatic rings. The largest absolute Gasteiger partial charge is 0.506 e. The standard InChI is InChI=1S/C22H26N4O6/c1-5-6-8-12-17(18-13(30-3)9-7-10-14(18)31-4)20(28)19(21(29)24-12)22-26-25-16(32-22)11-15(27)23-2/h7,9-10H,5-6,8,11H2,1-4H3,(H,23,27)(H2,24,28,29). The van der Waals surface area contributed by atoms with E-state index in [9.17, 15) is 14.7 Å². The van der Waals surface area contributed by atoms with Crippen molar-refractivity contribution in [3.63, 3.8) is 0 Å². The van der Waals surface area contributed by atoms with Gasteiger partial charge in [0.2, 0.25) is 11.8 Å². The van der Waals surface area contributed by atoms with Gasteiger partial charge in [0.05, 0.1) is 25.3 Å². The van der Waals surface area contributed by atoms with E-state index in [0.29, 0.717) is 34.7 Å². The Morgan fingerprint density at radius 3 is 2.44 bits per heavy atom. The number of carbonyl (C=O) groups is 1. The predicted octanol–water partition coefficient (Wildman–Crippen LogP) is 2.45. The highest BCUT2D eigenvalue weighted by molar-refractivity contribution is 5.87. The normalized spacial score (nSPS) is 10.8. The topological polar surface area (TPSA) is 140 Å². The van der Waals surface area contributed by atoms with Gasteiger partial charge in [0.25, 0.3) is 11.4 Å². The number of nitrogens with one attached hydrogen (secondary N) is 2. The first-order chi connectivity index (χ1) is 15.4. The molecule has 1 aromatic carbocycles. The third-order valence-electron chi connectivity index (χ3n) is 5.00. The van der Waals surface area contributed by atoms with E-state index in [1.807, 2.05) is 6.92 Å². The van der Waals surface area contributed by atoms with E-state index < -0.39 is 5.56 Å². The summed E-state index contributed by atoms with van der Waals surface area (Å²) in [7, 11) is 4.51. The summed E-state index contributed by atoms with van der Waals surface area (Å²) in [5, 5.41) is 21.4. The molecule has 0 radical (unpaired) electrons. The zero-order chi connectivity index (χ0) is 23.3. The summed E-state index contributed by atoms with van der Waals surface area (Å²) in [5.41, 5.74) is 0.605. The molecule has 3 N–H and O–H groups in total.